The van der Waals surface area contributed by atoms with Crippen molar-refractivity contribution in [2.24, 2.45) is 0 Å². The zero-order valence-electron chi connectivity index (χ0n) is 7.28. The lowest BCUT2D eigenvalue weighted by molar-refractivity contribution is 0.787. The summed E-state index contributed by atoms with van der Waals surface area (Å²) in [7, 11) is 0. The Kier molecular flexibility index (Phi) is 1.38. The van der Waals surface area contributed by atoms with Gasteiger partial charge in [-0.1, -0.05) is 11.3 Å². The van der Waals surface area contributed by atoms with E-state index in [0.717, 1.165) is 11.5 Å². The second-order valence-corrected chi connectivity index (χ2v) is 2.91. The van der Waals surface area contributed by atoms with Crippen molar-refractivity contribution in [3.05, 3.63) is 43.0 Å². The van der Waals surface area contributed by atoms with Gasteiger partial charge >= 0.3 is 0 Å². The molecule has 0 saturated heterocycles. The molecule has 0 unspecified atom stereocenters. The summed E-state index contributed by atoms with van der Waals surface area (Å²) in [4.78, 5) is 4.38. The highest BCUT2D eigenvalue weighted by molar-refractivity contribution is 5.43. The predicted molar refractivity (Wildman–Crippen MR) is 50.1 cm³/mol. The molecule has 0 atom stereocenters. The van der Waals surface area contributed by atoms with E-state index >= 15 is 0 Å². The minimum Gasteiger partial charge on any atom is -0.305 e. The first-order chi connectivity index (χ1) is 6.93. The molecular weight excluding hydrogens is 178 g/mol. The number of pyridine rings is 1. The van der Waals surface area contributed by atoms with Crippen LogP contribution >= 0.6 is 0 Å². The van der Waals surface area contributed by atoms with Gasteiger partial charge in [-0.15, -0.1) is 5.10 Å². The number of hydrogen-bond donors (Lipinski definition) is 0. The molecule has 14 heavy (non-hydrogen) atoms. The third-order valence-electron chi connectivity index (χ3n) is 2.01. The van der Waals surface area contributed by atoms with Crippen LogP contribution < -0.4 is 0 Å². The van der Waals surface area contributed by atoms with Crippen molar-refractivity contribution in [2.45, 2.75) is 0 Å². The van der Waals surface area contributed by atoms with E-state index in [4.69, 9.17) is 0 Å². The van der Waals surface area contributed by atoms with Gasteiger partial charge in [0.05, 0.1) is 18.6 Å². The second kappa shape index (κ2) is 2.66. The maximum atomic E-state index is 4.38. The fourth-order valence-electron chi connectivity index (χ4n) is 1.36. The third-order valence-corrected chi connectivity index (χ3v) is 2.01. The van der Waals surface area contributed by atoms with E-state index in [9.17, 15) is 0 Å². The van der Waals surface area contributed by atoms with Crippen molar-refractivity contribution >= 4 is 5.65 Å². The van der Waals surface area contributed by atoms with Crippen LogP contribution in [0.15, 0.2) is 43.0 Å². The van der Waals surface area contributed by atoms with Crippen molar-refractivity contribution in [1.29, 1.82) is 0 Å². The number of rotatable bonds is 1. The molecular formula is C9H7N5. The van der Waals surface area contributed by atoms with Crippen LogP contribution in [0.4, 0.5) is 0 Å². The van der Waals surface area contributed by atoms with E-state index in [2.05, 4.69) is 15.3 Å². The van der Waals surface area contributed by atoms with Gasteiger partial charge < -0.3 is 4.40 Å². The normalized spacial score (nSPS) is 10.9. The van der Waals surface area contributed by atoms with Crippen molar-refractivity contribution < 1.29 is 0 Å². The lowest BCUT2D eigenvalue weighted by Crippen LogP contribution is -1.94. The third kappa shape index (κ3) is 0.990. The number of fused-ring (bicyclic) bond motifs is 1. The SMILES string of the molecule is c1ccn2cc(-n3ccnn3)nc2c1. The van der Waals surface area contributed by atoms with Gasteiger partial charge in [-0.3, -0.25) is 0 Å². The molecule has 0 N–H and O–H groups in total. The van der Waals surface area contributed by atoms with Crippen LogP contribution in [0.5, 0.6) is 0 Å². The second-order valence-electron chi connectivity index (χ2n) is 2.91. The van der Waals surface area contributed by atoms with Crippen molar-refractivity contribution in [3.63, 3.8) is 0 Å². The van der Waals surface area contributed by atoms with E-state index < -0.39 is 0 Å². The lowest BCUT2D eigenvalue weighted by atomic mass is 10.5. The molecule has 3 aromatic heterocycles. The van der Waals surface area contributed by atoms with Crippen LogP contribution in [0.3, 0.4) is 0 Å². The van der Waals surface area contributed by atoms with Crippen LogP contribution in [0.25, 0.3) is 11.5 Å². The Morgan fingerprint density at radius 1 is 1.14 bits per heavy atom. The minimum absolute atomic E-state index is 0.772. The van der Waals surface area contributed by atoms with Crippen LogP contribution in [0, 0.1) is 0 Å². The molecule has 0 aromatic carbocycles. The zero-order valence-corrected chi connectivity index (χ0v) is 7.28. The summed E-state index contributed by atoms with van der Waals surface area (Å²) in [5, 5.41) is 7.61. The first-order valence-electron chi connectivity index (χ1n) is 4.24. The molecule has 3 rings (SSSR count). The molecule has 0 aliphatic carbocycles. The fraction of sp³-hybridized carbons (Fsp3) is 0. The van der Waals surface area contributed by atoms with Gasteiger partial charge in [-0.05, 0) is 12.1 Å². The highest BCUT2D eigenvalue weighted by atomic mass is 15.4. The molecule has 0 aliphatic rings. The maximum Gasteiger partial charge on any atom is 0.174 e. The standard InChI is InChI=1S/C9H7N5/c1-2-5-13-7-9(11-8(13)3-1)14-6-4-10-12-14/h1-7H. The smallest absolute Gasteiger partial charge is 0.174 e. The Bertz CT molecular complexity index is 518. The van der Waals surface area contributed by atoms with Gasteiger partial charge in [-0.25, -0.2) is 9.67 Å². The van der Waals surface area contributed by atoms with E-state index in [1.807, 2.05) is 35.0 Å². The summed E-state index contributed by atoms with van der Waals surface area (Å²) in [6.45, 7) is 0. The predicted octanol–water partition coefficient (Wildman–Crippen LogP) is 0.915. The molecule has 0 spiro atoms. The van der Waals surface area contributed by atoms with Gasteiger partial charge in [-0.2, -0.15) is 0 Å². The van der Waals surface area contributed by atoms with Gasteiger partial charge in [0.2, 0.25) is 0 Å². The molecule has 3 heterocycles. The van der Waals surface area contributed by atoms with Gasteiger partial charge in [0.25, 0.3) is 0 Å². The molecule has 0 fully saturated rings. The summed E-state index contributed by atoms with van der Waals surface area (Å²) in [5.41, 5.74) is 0.901. The maximum absolute atomic E-state index is 4.38. The van der Waals surface area contributed by atoms with Crippen molar-refractivity contribution in [1.82, 2.24) is 24.4 Å². The fourth-order valence-corrected chi connectivity index (χ4v) is 1.36. The Labute approximate surface area is 79.6 Å². The van der Waals surface area contributed by atoms with Crippen LogP contribution in [0.2, 0.25) is 0 Å². The van der Waals surface area contributed by atoms with E-state index in [0.29, 0.717) is 0 Å². The number of nitrogens with zero attached hydrogens (tertiary/aromatic N) is 5. The summed E-state index contributed by atoms with van der Waals surface area (Å²) < 4.78 is 3.57. The minimum atomic E-state index is 0.772. The average Bonchev–Trinajstić information content (AvgIpc) is 2.86. The number of aromatic nitrogens is 5. The highest BCUT2D eigenvalue weighted by Gasteiger charge is 2.02. The topological polar surface area (TPSA) is 48.0 Å². The van der Waals surface area contributed by atoms with E-state index in [-0.39, 0.29) is 0 Å². The summed E-state index contributed by atoms with van der Waals surface area (Å²) >= 11 is 0. The lowest BCUT2D eigenvalue weighted by Gasteiger charge is -1.88. The van der Waals surface area contributed by atoms with Crippen molar-refractivity contribution in [2.75, 3.05) is 0 Å². The van der Waals surface area contributed by atoms with Gasteiger partial charge in [0.15, 0.2) is 5.82 Å². The first-order valence-corrected chi connectivity index (χ1v) is 4.24. The summed E-state index contributed by atoms with van der Waals surface area (Å²) in [6.07, 6.45) is 7.25. The molecule has 0 radical (unpaired) electrons. The highest BCUT2D eigenvalue weighted by Crippen LogP contribution is 2.07. The average molecular weight is 185 g/mol. The number of hydrogen-bond acceptors (Lipinski definition) is 3. The molecule has 68 valence electrons. The molecule has 5 nitrogen and oxygen atoms in total. The Morgan fingerprint density at radius 2 is 2.14 bits per heavy atom. The molecule has 0 amide bonds. The number of imidazole rings is 1. The van der Waals surface area contributed by atoms with Crippen LogP contribution in [0.1, 0.15) is 0 Å². The molecule has 0 bridgehead atoms. The Hall–Kier alpha value is -2.17. The van der Waals surface area contributed by atoms with Crippen molar-refractivity contribution in [3.8, 4) is 5.82 Å². The Morgan fingerprint density at radius 3 is 2.93 bits per heavy atom. The monoisotopic (exact) mass is 185 g/mol. The molecule has 0 aliphatic heterocycles. The largest absolute Gasteiger partial charge is 0.305 e. The van der Waals surface area contributed by atoms with Crippen LogP contribution in [-0.2, 0) is 0 Å². The summed E-state index contributed by atoms with van der Waals surface area (Å²) in [5.74, 6) is 0.772. The molecule has 5 heteroatoms. The van der Waals surface area contributed by atoms with E-state index in [1.54, 1.807) is 17.1 Å². The van der Waals surface area contributed by atoms with E-state index in [1.165, 1.54) is 0 Å². The van der Waals surface area contributed by atoms with Gasteiger partial charge in [0.1, 0.15) is 5.65 Å². The van der Waals surface area contributed by atoms with Gasteiger partial charge in [0, 0.05) is 6.20 Å². The molecule has 0 saturated carbocycles. The molecule has 3 aromatic rings. The van der Waals surface area contributed by atoms with Crippen LogP contribution in [-0.4, -0.2) is 24.4 Å². The quantitative estimate of drug-likeness (QED) is 0.566. The zero-order chi connectivity index (χ0) is 9.38. The first kappa shape index (κ1) is 7.25. The Balaban J connectivity index is 2.24. The summed E-state index contributed by atoms with van der Waals surface area (Å²) in [6, 6.07) is 5.85.